The molecule has 1 heterocycles. The molecule has 0 spiro atoms. The minimum absolute atomic E-state index is 0.275. The van der Waals surface area contributed by atoms with Crippen LogP contribution in [0, 0.1) is 6.92 Å². The highest BCUT2D eigenvalue weighted by atomic mass is 15.3. The lowest BCUT2D eigenvalue weighted by Crippen LogP contribution is -2.19. The summed E-state index contributed by atoms with van der Waals surface area (Å²) in [7, 11) is 0. The summed E-state index contributed by atoms with van der Waals surface area (Å²) in [5, 5.41) is 4.31. The van der Waals surface area contributed by atoms with Gasteiger partial charge in [0.05, 0.1) is 5.69 Å². The molecule has 17 heavy (non-hydrogen) atoms. The van der Waals surface area contributed by atoms with Crippen molar-refractivity contribution in [3.63, 3.8) is 0 Å². The minimum Gasteiger partial charge on any atom is -0.330 e. The Bertz CT molecular complexity index is 521. The summed E-state index contributed by atoms with van der Waals surface area (Å²) in [4.78, 5) is 0. The van der Waals surface area contributed by atoms with Crippen molar-refractivity contribution in [2.45, 2.75) is 25.2 Å². The summed E-state index contributed by atoms with van der Waals surface area (Å²) in [6.45, 7) is 2.82. The maximum absolute atomic E-state index is 5.84. The SMILES string of the molecule is Cc1ccnn1-c1ccc(C2(CN)CC2)cc1. The van der Waals surface area contributed by atoms with Crippen molar-refractivity contribution in [1.82, 2.24) is 9.78 Å². The molecule has 0 radical (unpaired) electrons. The Hall–Kier alpha value is -1.61. The highest BCUT2D eigenvalue weighted by Crippen LogP contribution is 2.47. The molecule has 1 saturated carbocycles. The van der Waals surface area contributed by atoms with Gasteiger partial charge in [0, 0.05) is 23.9 Å². The van der Waals surface area contributed by atoms with Crippen LogP contribution in [0.4, 0.5) is 0 Å². The van der Waals surface area contributed by atoms with E-state index in [0.717, 1.165) is 17.9 Å². The van der Waals surface area contributed by atoms with Crippen molar-refractivity contribution in [1.29, 1.82) is 0 Å². The molecular weight excluding hydrogens is 210 g/mol. The van der Waals surface area contributed by atoms with Gasteiger partial charge in [-0.1, -0.05) is 12.1 Å². The van der Waals surface area contributed by atoms with E-state index < -0.39 is 0 Å². The summed E-state index contributed by atoms with van der Waals surface area (Å²) in [5.41, 5.74) is 9.75. The van der Waals surface area contributed by atoms with Gasteiger partial charge in [-0.3, -0.25) is 0 Å². The molecule has 2 aromatic rings. The number of nitrogens with zero attached hydrogens (tertiary/aromatic N) is 2. The van der Waals surface area contributed by atoms with E-state index in [-0.39, 0.29) is 5.41 Å². The molecule has 2 N–H and O–H groups in total. The first-order valence-corrected chi connectivity index (χ1v) is 6.07. The summed E-state index contributed by atoms with van der Waals surface area (Å²) in [5.74, 6) is 0. The fraction of sp³-hybridized carbons (Fsp3) is 0.357. The molecule has 1 aliphatic carbocycles. The number of aromatic nitrogens is 2. The summed E-state index contributed by atoms with van der Waals surface area (Å²) in [6, 6.07) is 10.7. The zero-order valence-electron chi connectivity index (χ0n) is 10.1. The van der Waals surface area contributed by atoms with Crippen molar-refractivity contribution < 1.29 is 0 Å². The lowest BCUT2D eigenvalue weighted by atomic mass is 9.96. The highest BCUT2D eigenvalue weighted by Gasteiger charge is 2.42. The normalized spacial score (nSPS) is 17.1. The Balaban J connectivity index is 1.93. The number of nitrogens with two attached hydrogens (primary N) is 1. The van der Waals surface area contributed by atoms with Crippen LogP contribution < -0.4 is 5.73 Å². The summed E-state index contributed by atoms with van der Waals surface area (Å²) in [6.07, 6.45) is 4.28. The summed E-state index contributed by atoms with van der Waals surface area (Å²) < 4.78 is 1.95. The quantitative estimate of drug-likeness (QED) is 0.873. The lowest BCUT2D eigenvalue weighted by Gasteiger charge is -2.13. The third-order valence-electron chi connectivity index (χ3n) is 3.80. The van der Waals surface area contributed by atoms with Crippen molar-refractivity contribution in [3.05, 3.63) is 47.8 Å². The van der Waals surface area contributed by atoms with Crippen LogP contribution in [0.3, 0.4) is 0 Å². The van der Waals surface area contributed by atoms with E-state index in [4.69, 9.17) is 5.73 Å². The Morgan fingerprint density at radius 2 is 1.94 bits per heavy atom. The molecule has 1 aliphatic rings. The number of hydrogen-bond acceptors (Lipinski definition) is 2. The van der Waals surface area contributed by atoms with Gasteiger partial charge in [0.2, 0.25) is 0 Å². The Kier molecular flexibility index (Phi) is 2.30. The second-order valence-electron chi connectivity index (χ2n) is 4.92. The zero-order valence-corrected chi connectivity index (χ0v) is 10.1. The first-order valence-electron chi connectivity index (χ1n) is 6.07. The molecule has 3 nitrogen and oxygen atoms in total. The maximum Gasteiger partial charge on any atom is 0.0648 e. The largest absolute Gasteiger partial charge is 0.330 e. The average Bonchev–Trinajstić information content (AvgIpc) is 3.06. The Morgan fingerprint density at radius 3 is 2.41 bits per heavy atom. The van der Waals surface area contributed by atoms with Crippen molar-refractivity contribution in [2.24, 2.45) is 5.73 Å². The van der Waals surface area contributed by atoms with Crippen LogP contribution in [0.5, 0.6) is 0 Å². The van der Waals surface area contributed by atoms with Gasteiger partial charge in [0.1, 0.15) is 0 Å². The second-order valence-corrected chi connectivity index (χ2v) is 4.92. The molecule has 1 fully saturated rings. The van der Waals surface area contributed by atoms with Crippen LogP contribution in [0.15, 0.2) is 36.5 Å². The highest BCUT2D eigenvalue weighted by molar-refractivity contribution is 5.40. The minimum atomic E-state index is 0.275. The third kappa shape index (κ3) is 1.67. The van der Waals surface area contributed by atoms with E-state index in [9.17, 15) is 0 Å². The van der Waals surface area contributed by atoms with Crippen LogP contribution in [0.25, 0.3) is 5.69 Å². The second kappa shape index (κ2) is 3.70. The van der Waals surface area contributed by atoms with E-state index in [0.29, 0.717) is 0 Å². The van der Waals surface area contributed by atoms with Crippen LogP contribution >= 0.6 is 0 Å². The fourth-order valence-corrected chi connectivity index (χ4v) is 2.36. The molecule has 0 bridgehead atoms. The molecule has 1 aromatic carbocycles. The molecular formula is C14H17N3. The molecule has 0 amide bonds. The van der Waals surface area contributed by atoms with Crippen LogP contribution in [-0.2, 0) is 5.41 Å². The lowest BCUT2D eigenvalue weighted by molar-refractivity contribution is 0.704. The van der Waals surface area contributed by atoms with Crippen LogP contribution in [0.1, 0.15) is 24.1 Å². The first kappa shape index (κ1) is 10.5. The number of hydrogen-bond donors (Lipinski definition) is 1. The van der Waals surface area contributed by atoms with Gasteiger partial charge < -0.3 is 5.73 Å². The molecule has 3 rings (SSSR count). The Labute approximate surface area is 101 Å². The van der Waals surface area contributed by atoms with Crippen LogP contribution in [-0.4, -0.2) is 16.3 Å². The van der Waals surface area contributed by atoms with Gasteiger partial charge in [0.15, 0.2) is 0 Å². The summed E-state index contributed by atoms with van der Waals surface area (Å²) >= 11 is 0. The van der Waals surface area contributed by atoms with Crippen LogP contribution in [0.2, 0.25) is 0 Å². The van der Waals surface area contributed by atoms with Gasteiger partial charge >= 0.3 is 0 Å². The van der Waals surface area contributed by atoms with Crippen molar-refractivity contribution >= 4 is 0 Å². The molecule has 0 aliphatic heterocycles. The number of benzene rings is 1. The standard InChI is InChI=1S/C14H17N3/c1-11-6-9-16-17(11)13-4-2-12(3-5-13)14(10-15)7-8-14/h2-6,9H,7-8,10,15H2,1H3. The van der Waals surface area contributed by atoms with Gasteiger partial charge in [-0.25, -0.2) is 4.68 Å². The number of rotatable bonds is 3. The molecule has 0 saturated heterocycles. The first-order chi connectivity index (χ1) is 8.25. The molecule has 0 unspecified atom stereocenters. The predicted molar refractivity (Wildman–Crippen MR) is 68.3 cm³/mol. The third-order valence-corrected chi connectivity index (χ3v) is 3.80. The van der Waals surface area contributed by atoms with Crippen molar-refractivity contribution in [2.75, 3.05) is 6.54 Å². The van der Waals surface area contributed by atoms with E-state index in [1.807, 2.05) is 16.9 Å². The molecule has 88 valence electrons. The van der Waals surface area contributed by atoms with Crippen molar-refractivity contribution in [3.8, 4) is 5.69 Å². The zero-order chi connectivity index (χ0) is 11.9. The maximum atomic E-state index is 5.84. The Morgan fingerprint density at radius 1 is 1.24 bits per heavy atom. The predicted octanol–water partition coefficient (Wildman–Crippen LogP) is 2.17. The van der Waals surface area contributed by atoms with E-state index in [1.165, 1.54) is 18.4 Å². The topological polar surface area (TPSA) is 43.8 Å². The monoisotopic (exact) mass is 227 g/mol. The molecule has 1 aromatic heterocycles. The van der Waals surface area contributed by atoms with Gasteiger partial charge in [-0.15, -0.1) is 0 Å². The average molecular weight is 227 g/mol. The van der Waals surface area contributed by atoms with Gasteiger partial charge in [-0.2, -0.15) is 5.10 Å². The van der Waals surface area contributed by atoms with E-state index in [1.54, 1.807) is 0 Å². The fourth-order valence-electron chi connectivity index (χ4n) is 2.36. The smallest absolute Gasteiger partial charge is 0.0648 e. The number of aryl methyl sites for hydroxylation is 1. The molecule has 3 heteroatoms. The molecule has 0 atom stereocenters. The van der Waals surface area contributed by atoms with Gasteiger partial charge in [0.25, 0.3) is 0 Å². The van der Waals surface area contributed by atoms with Gasteiger partial charge in [-0.05, 0) is 43.5 Å². The van der Waals surface area contributed by atoms with E-state index in [2.05, 4.69) is 36.3 Å². The van der Waals surface area contributed by atoms with E-state index >= 15 is 0 Å².